The first kappa shape index (κ1) is 14.7. The number of nitrogens with two attached hydrogens (primary N) is 1. The number of primary sulfonamides is 1. The number of rotatable bonds is 3. The van der Waals surface area contributed by atoms with Crippen molar-refractivity contribution in [1.29, 1.82) is 0 Å². The molecule has 1 aliphatic heterocycles. The van der Waals surface area contributed by atoms with Crippen LogP contribution in [0.5, 0.6) is 0 Å². The van der Waals surface area contributed by atoms with Gasteiger partial charge in [-0.05, 0) is 12.1 Å². The van der Waals surface area contributed by atoms with Gasteiger partial charge in [0.15, 0.2) is 0 Å². The molecular formula is C10H9BrClNO5S. The van der Waals surface area contributed by atoms with Gasteiger partial charge in [-0.2, -0.15) is 0 Å². The monoisotopic (exact) mass is 369 g/mol. The summed E-state index contributed by atoms with van der Waals surface area (Å²) in [5.74, 6) is -0.718. The number of carbonyl (C=O) groups excluding carboxylic acids is 1. The highest BCUT2D eigenvalue weighted by molar-refractivity contribution is 9.10. The Balaban J connectivity index is 2.39. The topological polar surface area (TPSA) is 95.7 Å². The third-order valence-corrected chi connectivity index (χ3v) is 4.32. The van der Waals surface area contributed by atoms with E-state index >= 15 is 0 Å². The van der Waals surface area contributed by atoms with Gasteiger partial charge >= 0.3 is 5.97 Å². The minimum Gasteiger partial charge on any atom is -0.454 e. The minimum atomic E-state index is -4.03. The quantitative estimate of drug-likeness (QED) is 0.809. The van der Waals surface area contributed by atoms with Gasteiger partial charge in [-0.25, -0.2) is 18.4 Å². The number of hydrogen-bond acceptors (Lipinski definition) is 5. The van der Waals surface area contributed by atoms with E-state index in [0.29, 0.717) is 17.7 Å². The fourth-order valence-electron chi connectivity index (χ4n) is 1.42. The Bertz CT molecular complexity index is 629. The normalized spacial score (nSPS) is 15.9. The molecule has 0 aromatic heterocycles. The van der Waals surface area contributed by atoms with Gasteiger partial charge in [-0.3, -0.25) is 0 Å². The predicted molar refractivity (Wildman–Crippen MR) is 70.5 cm³/mol. The van der Waals surface area contributed by atoms with Gasteiger partial charge in [0.05, 0.1) is 23.8 Å². The zero-order chi connectivity index (χ0) is 14.2. The largest absolute Gasteiger partial charge is 0.454 e. The highest BCUT2D eigenvalue weighted by atomic mass is 79.9. The van der Waals surface area contributed by atoms with Crippen molar-refractivity contribution in [2.45, 2.75) is 11.0 Å². The fraction of sp³-hybridized carbons (Fsp3) is 0.300. The zero-order valence-electron chi connectivity index (χ0n) is 9.43. The molecule has 0 spiro atoms. The van der Waals surface area contributed by atoms with E-state index in [1.54, 1.807) is 0 Å². The molecule has 0 amide bonds. The fourth-order valence-corrected chi connectivity index (χ4v) is 3.19. The predicted octanol–water partition coefficient (Wildman–Crippen LogP) is 1.31. The average molecular weight is 371 g/mol. The number of hydrogen-bond donors (Lipinski definition) is 1. The summed E-state index contributed by atoms with van der Waals surface area (Å²) in [6.45, 7) is 0.638. The van der Waals surface area contributed by atoms with Gasteiger partial charge in [0, 0.05) is 4.47 Å². The van der Waals surface area contributed by atoms with Crippen LogP contribution in [0.3, 0.4) is 0 Å². The summed E-state index contributed by atoms with van der Waals surface area (Å²) in [4.78, 5) is 11.5. The summed E-state index contributed by atoms with van der Waals surface area (Å²) in [5.41, 5.74) is -0.0630. The number of sulfonamides is 1. The van der Waals surface area contributed by atoms with Crippen molar-refractivity contribution in [2.75, 3.05) is 13.2 Å². The van der Waals surface area contributed by atoms with Gasteiger partial charge in [-0.15, -0.1) is 0 Å². The van der Waals surface area contributed by atoms with Crippen LogP contribution in [0.25, 0.3) is 0 Å². The van der Waals surface area contributed by atoms with E-state index in [9.17, 15) is 13.2 Å². The van der Waals surface area contributed by atoms with Crippen LogP contribution < -0.4 is 5.14 Å². The van der Waals surface area contributed by atoms with Crippen LogP contribution in [0.4, 0.5) is 0 Å². The molecule has 0 unspecified atom stereocenters. The Morgan fingerprint density at radius 3 is 2.58 bits per heavy atom. The SMILES string of the molecule is NS(=O)(=O)c1cc(Br)cc(C(=O)OC2COC2)c1Cl. The summed E-state index contributed by atoms with van der Waals surface area (Å²) >= 11 is 8.99. The molecule has 0 saturated carbocycles. The van der Waals surface area contributed by atoms with Gasteiger partial charge in [0.25, 0.3) is 0 Å². The maximum Gasteiger partial charge on any atom is 0.340 e. The number of ether oxygens (including phenoxy) is 2. The number of halogens is 2. The Morgan fingerprint density at radius 2 is 2.11 bits per heavy atom. The van der Waals surface area contributed by atoms with E-state index < -0.39 is 16.0 Å². The van der Waals surface area contributed by atoms with Crippen molar-refractivity contribution in [3.63, 3.8) is 0 Å². The molecule has 0 bridgehead atoms. The maximum absolute atomic E-state index is 11.9. The van der Waals surface area contributed by atoms with E-state index in [1.165, 1.54) is 12.1 Å². The molecule has 104 valence electrons. The zero-order valence-corrected chi connectivity index (χ0v) is 12.6. The molecule has 1 fully saturated rings. The molecule has 9 heteroatoms. The highest BCUT2D eigenvalue weighted by Crippen LogP contribution is 2.30. The summed E-state index contributed by atoms with van der Waals surface area (Å²) in [6, 6.07) is 2.60. The van der Waals surface area contributed by atoms with Crippen molar-refractivity contribution < 1.29 is 22.7 Å². The second-order valence-corrected chi connectivity index (χ2v) is 6.70. The Morgan fingerprint density at radius 1 is 1.47 bits per heavy atom. The third kappa shape index (κ3) is 3.26. The van der Waals surface area contributed by atoms with E-state index in [1.807, 2.05) is 0 Å². The second kappa shape index (κ2) is 5.37. The Hall–Kier alpha value is -0.670. The van der Waals surface area contributed by atoms with Crippen molar-refractivity contribution in [3.05, 3.63) is 27.2 Å². The third-order valence-electron chi connectivity index (χ3n) is 2.41. The van der Waals surface area contributed by atoms with Gasteiger partial charge < -0.3 is 9.47 Å². The summed E-state index contributed by atoms with van der Waals surface area (Å²) in [5, 5.41) is 4.78. The minimum absolute atomic E-state index is 0.0630. The second-order valence-electron chi connectivity index (χ2n) is 3.88. The van der Waals surface area contributed by atoms with Crippen LogP contribution in [0.2, 0.25) is 5.02 Å². The highest BCUT2D eigenvalue weighted by Gasteiger charge is 2.27. The average Bonchev–Trinajstić information content (AvgIpc) is 2.24. The van der Waals surface area contributed by atoms with Crippen LogP contribution >= 0.6 is 27.5 Å². The maximum atomic E-state index is 11.9. The van der Waals surface area contributed by atoms with E-state index in [-0.39, 0.29) is 21.6 Å². The van der Waals surface area contributed by atoms with Gasteiger partial charge in [-0.1, -0.05) is 27.5 Å². The van der Waals surface area contributed by atoms with Crippen LogP contribution in [-0.4, -0.2) is 33.7 Å². The first-order valence-corrected chi connectivity index (χ1v) is 7.81. The molecule has 1 aliphatic rings. The number of esters is 1. The van der Waals surface area contributed by atoms with E-state index in [4.69, 9.17) is 26.2 Å². The number of benzene rings is 1. The molecule has 0 aliphatic carbocycles. The molecule has 1 saturated heterocycles. The van der Waals surface area contributed by atoms with Crippen LogP contribution in [-0.2, 0) is 19.5 Å². The van der Waals surface area contributed by atoms with E-state index in [2.05, 4.69) is 15.9 Å². The molecule has 1 heterocycles. The van der Waals surface area contributed by atoms with Crippen molar-refractivity contribution >= 4 is 43.5 Å². The molecule has 0 radical (unpaired) electrons. The molecule has 2 N–H and O–H groups in total. The summed E-state index contributed by atoms with van der Waals surface area (Å²) < 4.78 is 33.0. The molecule has 19 heavy (non-hydrogen) atoms. The van der Waals surface area contributed by atoms with Gasteiger partial charge in [0.1, 0.15) is 11.0 Å². The van der Waals surface area contributed by atoms with Crippen LogP contribution in [0.1, 0.15) is 10.4 Å². The molecule has 1 aromatic rings. The molecule has 1 aromatic carbocycles. The standard InChI is InChI=1S/C10H9BrClNO5S/c11-5-1-7(10(14)18-6-3-17-4-6)9(12)8(2-5)19(13,15)16/h1-2,6H,3-4H2,(H2,13,15,16). The van der Waals surface area contributed by atoms with Crippen LogP contribution in [0.15, 0.2) is 21.5 Å². The first-order valence-electron chi connectivity index (χ1n) is 5.09. The lowest BCUT2D eigenvalue weighted by Gasteiger charge is -2.25. The molecule has 2 rings (SSSR count). The van der Waals surface area contributed by atoms with Crippen LogP contribution in [0, 0.1) is 0 Å². The van der Waals surface area contributed by atoms with Crippen molar-refractivity contribution in [3.8, 4) is 0 Å². The Kier molecular flexibility index (Phi) is 4.17. The van der Waals surface area contributed by atoms with Crippen molar-refractivity contribution in [2.24, 2.45) is 5.14 Å². The lowest BCUT2D eigenvalue weighted by atomic mass is 10.2. The summed E-state index contributed by atoms with van der Waals surface area (Å²) in [7, 11) is -4.03. The summed E-state index contributed by atoms with van der Waals surface area (Å²) in [6.07, 6.45) is -0.333. The van der Waals surface area contributed by atoms with E-state index in [0.717, 1.165) is 0 Å². The molecular weight excluding hydrogens is 362 g/mol. The first-order chi connectivity index (χ1) is 8.79. The Labute approximate surface area is 123 Å². The molecule has 0 atom stereocenters. The lowest BCUT2D eigenvalue weighted by Crippen LogP contribution is -2.37. The molecule has 6 nitrogen and oxygen atoms in total. The number of carbonyl (C=O) groups is 1. The van der Waals surface area contributed by atoms with Gasteiger partial charge in [0.2, 0.25) is 10.0 Å². The van der Waals surface area contributed by atoms with Crippen molar-refractivity contribution in [1.82, 2.24) is 0 Å². The smallest absolute Gasteiger partial charge is 0.340 e. The lowest BCUT2D eigenvalue weighted by molar-refractivity contribution is -0.103.